The van der Waals surface area contributed by atoms with Crippen molar-refractivity contribution in [2.75, 3.05) is 35.4 Å². The van der Waals surface area contributed by atoms with Crippen LogP contribution in [0.1, 0.15) is 22.3 Å². The number of aryl methyl sites for hydroxylation is 1. The van der Waals surface area contributed by atoms with E-state index in [2.05, 4.69) is 0 Å². The van der Waals surface area contributed by atoms with Gasteiger partial charge in [-0.25, -0.2) is 13.6 Å². The molecule has 0 saturated carbocycles. The van der Waals surface area contributed by atoms with Crippen molar-refractivity contribution in [3.8, 4) is 0 Å². The number of alkyl halides is 3. The fraction of sp³-hybridized carbons (Fsp3) is 0.259. The smallest absolute Gasteiger partial charge is 0.362 e. The molecule has 2 N–H and O–H groups in total. The average molecular weight is 627 g/mol. The summed E-state index contributed by atoms with van der Waals surface area (Å²) in [4.78, 5) is 1.99. The molecule has 2 aliphatic rings. The second-order valence-corrected chi connectivity index (χ2v) is 13.7. The first-order chi connectivity index (χ1) is 19.2. The molecule has 0 aromatic heterocycles. The van der Waals surface area contributed by atoms with Crippen LogP contribution in [0.2, 0.25) is 5.02 Å². The lowest BCUT2D eigenvalue weighted by Gasteiger charge is -2.48. The Hall–Kier alpha value is -3.10. The van der Waals surface area contributed by atoms with E-state index in [1.54, 1.807) is 43.3 Å². The monoisotopic (exact) mass is 626 g/mol. The minimum atomic E-state index is -4.62. The molecule has 0 bridgehead atoms. The Morgan fingerprint density at radius 2 is 1.66 bits per heavy atom. The number of rotatable bonds is 5. The molecule has 3 aromatic carbocycles. The van der Waals surface area contributed by atoms with E-state index in [-0.39, 0.29) is 41.7 Å². The second kappa shape index (κ2) is 10.6. The van der Waals surface area contributed by atoms with Crippen LogP contribution in [0.15, 0.2) is 65.6 Å². The summed E-state index contributed by atoms with van der Waals surface area (Å²) in [6.07, 6.45) is -1.92. The first-order valence-electron chi connectivity index (χ1n) is 12.5. The van der Waals surface area contributed by atoms with Gasteiger partial charge in [-0.05, 0) is 54.4 Å². The Balaban J connectivity index is 1.60. The number of anilines is 2. The van der Waals surface area contributed by atoms with Gasteiger partial charge < -0.3 is 4.90 Å². The standard InChI is InChI=1S/C27H26ClF3N4O4S2/c1-18-4-2-5-21(14-18)40(36,37)35-17-20-16-33(41(32,38)39)12-13-34(20)25-11-9-19(15-26(25)35)8-10-22-23(27(29,30)31)6-3-7-24(22)28/h2-11,14-15,20H,12-13,16-17H2,1H3,(H2,32,38,39)/b10-8+/t20-/m0/s1. The van der Waals surface area contributed by atoms with Gasteiger partial charge in [0.1, 0.15) is 0 Å². The number of nitrogens with zero attached hydrogens (tertiary/aromatic N) is 3. The van der Waals surface area contributed by atoms with Crippen LogP contribution in [0.5, 0.6) is 0 Å². The summed E-state index contributed by atoms with van der Waals surface area (Å²) in [5, 5.41) is 5.29. The SMILES string of the molecule is Cc1cccc(S(=O)(=O)N2C[C@@H]3CN(S(N)(=O)=O)CCN3c3ccc(/C=C/c4c(Cl)cccc4C(F)(F)F)cc32)c1. The minimum Gasteiger partial charge on any atom is -0.362 e. The third kappa shape index (κ3) is 5.82. The van der Waals surface area contributed by atoms with Gasteiger partial charge in [0, 0.05) is 30.2 Å². The Morgan fingerprint density at radius 3 is 2.34 bits per heavy atom. The number of benzene rings is 3. The van der Waals surface area contributed by atoms with E-state index in [1.165, 1.54) is 34.7 Å². The fourth-order valence-corrected chi connectivity index (χ4v) is 7.74. The van der Waals surface area contributed by atoms with E-state index < -0.39 is 38.0 Å². The van der Waals surface area contributed by atoms with Crippen molar-refractivity contribution >= 4 is 55.4 Å². The Morgan fingerprint density at radius 1 is 0.927 bits per heavy atom. The Labute approximate surface area is 241 Å². The molecule has 0 amide bonds. The quantitative estimate of drug-likeness (QED) is 0.412. The fourth-order valence-electron chi connectivity index (χ4n) is 5.17. The van der Waals surface area contributed by atoms with Crippen LogP contribution >= 0.6 is 11.6 Å². The summed E-state index contributed by atoms with van der Waals surface area (Å²) < 4.78 is 95.1. The number of sulfonamides is 1. The van der Waals surface area contributed by atoms with Crippen LogP contribution in [-0.4, -0.2) is 53.4 Å². The van der Waals surface area contributed by atoms with Gasteiger partial charge in [0.15, 0.2) is 0 Å². The first-order valence-corrected chi connectivity index (χ1v) is 15.8. The van der Waals surface area contributed by atoms with Crippen molar-refractivity contribution in [1.82, 2.24) is 4.31 Å². The molecule has 5 rings (SSSR count). The van der Waals surface area contributed by atoms with E-state index in [0.717, 1.165) is 15.9 Å². The molecular weight excluding hydrogens is 601 g/mol. The maximum atomic E-state index is 13.9. The van der Waals surface area contributed by atoms with Gasteiger partial charge in [0.25, 0.3) is 20.2 Å². The molecule has 1 fully saturated rings. The highest BCUT2D eigenvalue weighted by atomic mass is 35.5. The van der Waals surface area contributed by atoms with Crippen molar-refractivity contribution in [3.63, 3.8) is 0 Å². The zero-order valence-electron chi connectivity index (χ0n) is 21.7. The summed E-state index contributed by atoms with van der Waals surface area (Å²) in [6, 6.07) is 14.4. The Kier molecular flexibility index (Phi) is 7.62. The number of fused-ring (bicyclic) bond motifs is 3. The number of piperazine rings is 1. The lowest BCUT2D eigenvalue weighted by Crippen LogP contribution is -2.62. The minimum absolute atomic E-state index is 0.00745. The molecule has 0 unspecified atom stereocenters. The van der Waals surface area contributed by atoms with Gasteiger partial charge in [-0.3, -0.25) is 4.31 Å². The van der Waals surface area contributed by atoms with Gasteiger partial charge in [-0.2, -0.15) is 25.9 Å². The molecular formula is C27H26ClF3N4O4S2. The normalized spacial score (nSPS) is 18.4. The summed E-state index contributed by atoms with van der Waals surface area (Å²) >= 11 is 6.10. The van der Waals surface area contributed by atoms with Gasteiger partial charge in [-0.1, -0.05) is 48.0 Å². The van der Waals surface area contributed by atoms with Crippen LogP contribution in [0.4, 0.5) is 24.5 Å². The van der Waals surface area contributed by atoms with Crippen molar-refractivity contribution in [2.24, 2.45) is 5.14 Å². The third-order valence-corrected chi connectivity index (χ3v) is 10.3. The summed E-state index contributed by atoms with van der Waals surface area (Å²) in [7, 11) is -8.09. The van der Waals surface area contributed by atoms with Crippen molar-refractivity contribution in [2.45, 2.75) is 24.0 Å². The molecule has 1 saturated heterocycles. The molecule has 41 heavy (non-hydrogen) atoms. The van der Waals surface area contributed by atoms with E-state index in [1.807, 2.05) is 4.90 Å². The maximum absolute atomic E-state index is 13.9. The zero-order chi connectivity index (χ0) is 29.7. The molecule has 14 heteroatoms. The van der Waals surface area contributed by atoms with Crippen molar-refractivity contribution in [1.29, 1.82) is 0 Å². The molecule has 3 aromatic rings. The summed E-state index contributed by atoms with van der Waals surface area (Å²) in [5.41, 5.74) is 0.963. The second-order valence-electron chi connectivity index (χ2n) is 9.88. The van der Waals surface area contributed by atoms with E-state index >= 15 is 0 Å². The molecule has 2 aliphatic heterocycles. The number of hydrogen-bond donors (Lipinski definition) is 1. The van der Waals surface area contributed by atoms with Crippen molar-refractivity contribution < 1.29 is 30.0 Å². The molecule has 0 spiro atoms. The Bertz CT molecular complexity index is 1750. The lowest BCUT2D eigenvalue weighted by atomic mass is 10.0. The van der Waals surface area contributed by atoms with Crippen LogP contribution < -0.4 is 14.3 Å². The zero-order valence-corrected chi connectivity index (χ0v) is 24.1. The lowest BCUT2D eigenvalue weighted by molar-refractivity contribution is -0.137. The molecule has 218 valence electrons. The van der Waals surface area contributed by atoms with Gasteiger partial charge in [0.2, 0.25) is 0 Å². The van der Waals surface area contributed by atoms with Crippen molar-refractivity contribution in [3.05, 3.63) is 87.9 Å². The number of halogens is 4. The van der Waals surface area contributed by atoms with Crippen LogP contribution in [0.3, 0.4) is 0 Å². The predicted molar refractivity (Wildman–Crippen MR) is 153 cm³/mol. The van der Waals surface area contributed by atoms with E-state index in [9.17, 15) is 30.0 Å². The highest BCUT2D eigenvalue weighted by molar-refractivity contribution is 7.92. The highest BCUT2D eigenvalue weighted by Gasteiger charge is 2.41. The predicted octanol–water partition coefficient (Wildman–Crippen LogP) is 4.74. The van der Waals surface area contributed by atoms with Gasteiger partial charge in [-0.15, -0.1) is 0 Å². The molecule has 8 nitrogen and oxygen atoms in total. The van der Waals surface area contributed by atoms with Crippen LogP contribution in [0, 0.1) is 6.92 Å². The van der Waals surface area contributed by atoms with Gasteiger partial charge in [0.05, 0.1) is 34.4 Å². The molecule has 1 atom stereocenters. The first kappa shape index (κ1) is 29.4. The summed E-state index contributed by atoms with van der Waals surface area (Å²) in [6.45, 7) is 2.09. The maximum Gasteiger partial charge on any atom is 0.417 e. The number of hydrogen-bond acceptors (Lipinski definition) is 5. The molecule has 0 radical (unpaired) electrons. The van der Waals surface area contributed by atoms with E-state index in [4.69, 9.17) is 16.7 Å². The van der Waals surface area contributed by atoms with Crippen LogP contribution in [0.25, 0.3) is 12.2 Å². The largest absolute Gasteiger partial charge is 0.417 e. The average Bonchev–Trinajstić information content (AvgIpc) is 2.90. The molecule has 2 heterocycles. The highest BCUT2D eigenvalue weighted by Crippen LogP contribution is 2.41. The summed E-state index contributed by atoms with van der Waals surface area (Å²) in [5.74, 6) is 0. The van der Waals surface area contributed by atoms with Crippen LogP contribution in [-0.2, 0) is 26.4 Å². The third-order valence-electron chi connectivity index (χ3n) is 7.14. The van der Waals surface area contributed by atoms with Gasteiger partial charge >= 0.3 is 6.18 Å². The van der Waals surface area contributed by atoms with E-state index in [0.29, 0.717) is 16.9 Å². The number of nitrogens with two attached hydrogens (primary N) is 1. The topological polar surface area (TPSA) is 104 Å². The molecule has 0 aliphatic carbocycles.